The second-order valence-corrected chi connectivity index (χ2v) is 11.3. The van der Waals surface area contributed by atoms with Crippen molar-refractivity contribution >= 4 is 29.0 Å². The van der Waals surface area contributed by atoms with E-state index >= 15 is 0 Å². The predicted octanol–water partition coefficient (Wildman–Crippen LogP) is 7.06. The van der Waals surface area contributed by atoms with Gasteiger partial charge in [0.1, 0.15) is 0 Å². The Labute approximate surface area is 195 Å². The van der Waals surface area contributed by atoms with Gasteiger partial charge in [0, 0.05) is 0 Å². The van der Waals surface area contributed by atoms with Crippen LogP contribution in [0.15, 0.2) is 47.9 Å². The number of allylic oxidation sites excluding steroid dienone is 1. The Balaban J connectivity index is 1.89. The molecule has 2 aliphatic rings. The highest BCUT2D eigenvalue weighted by Crippen LogP contribution is 2.48. The van der Waals surface area contributed by atoms with Crippen LogP contribution < -0.4 is 5.32 Å². The van der Waals surface area contributed by atoms with Crippen molar-refractivity contribution < 1.29 is 9.59 Å². The van der Waals surface area contributed by atoms with Crippen LogP contribution in [-0.4, -0.2) is 11.1 Å². The van der Waals surface area contributed by atoms with Gasteiger partial charge in [-0.15, -0.1) is 6.58 Å². The zero-order chi connectivity index (χ0) is 23.3. The third-order valence-electron chi connectivity index (χ3n) is 6.93. The molecular weight excluding hydrogens is 414 g/mol. The minimum Gasteiger partial charge on any atom is -0.282 e. The fourth-order valence-corrected chi connectivity index (χ4v) is 5.53. The van der Waals surface area contributed by atoms with Crippen molar-refractivity contribution in [2.75, 3.05) is 0 Å². The fourth-order valence-electron chi connectivity index (χ4n) is 4.85. The molecule has 0 bridgehead atoms. The number of nitrogens with one attached hydrogen (secondary N) is 1. The van der Waals surface area contributed by atoms with Crippen molar-refractivity contribution in [2.45, 2.75) is 64.7 Å². The number of amides is 2. The molecule has 1 aliphatic carbocycles. The maximum Gasteiger partial charge on any atom is 0.290 e. The van der Waals surface area contributed by atoms with Gasteiger partial charge < -0.3 is 0 Å². The Kier molecular flexibility index (Phi) is 5.70. The average molecular weight is 446 g/mol. The quantitative estimate of drug-likeness (QED) is 0.405. The van der Waals surface area contributed by atoms with Crippen LogP contribution in [0.25, 0.3) is 17.2 Å². The average Bonchev–Trinajstić information content (AvgIpc) is 3.03. The number of thioether (sulfide) groups is 1. The third-order valence-corrected chi connectivity index (χ3v) is 7.74. The molecule has 0 spiro atoms. The van der Waals surface area contributed by atoms with Gasteiger partial charge >= 0.3 is 0 Å². The first-order chi connectivity index (χ1) is 15.0. The molecule has 4 heteroatoms. The van der Waals surface area contributed by atoms with E-state index in [1.54, 1.807) is 6.08 Å². The summed E-state index contributed by atoms with van der Waals surface area (Å²) in [4.78, 5) is 24.0. The fraction of sp³-hybridized carbons (Fsp3) is 0.357. The number of rotatable bonds is 4. The van der Waals surface area contributed by atoms with Gasteiger partial charge in [0.25, 0.3) is 11.1 Å². The zero-order valence-corrected chi connectivity index (χ0v) is 20.4. The summed E-state index contributed by atoms with van der Waals surface area (Å²) in [6.07, 6.45) is 6.85. The van der Waals surface area contributed by atoms with Crippen LogP contribution in [0.5, 0.6) is 0 Å². The van der Waals surface area contributed by atoms with E-state index in [0.29, 0.717) is 4.91 Å². The highest BCUT2D eigenvalue weighted by atomic mass is 32.2. The molecule has 1 saturated heterocycles. The minimum atomic E-state index is -0.328. The number of hydrogen-bond acceptors (Lipinski definition) is 3. The molecule has 32 heavy (non-hydrogen) atoms. The lowest BCUT2D eigenvalue weighted by Crippen LogP contribution is -2.34. The maximum atomic E-state index is 12.0. The van der Waals surface area contributed by atoms with E-state index in [2.05, 4.69) is 70.8 Å². The Morgan fingerprint density at radius 2 is 1.66 bits per heavy atom. The first kappa shape index (κ1) is 22.6. The second-order valence-electron chi connectivity index (χ2n) is 10.2. The molecule has 1 N–H and O–H groups in total. The maximum absolute atomic E-state index is 12.0. The Morgan fingerprint density at radius 3 is 2.25 bits per heavy atom. The van der Waals surface area contributed by atoms with Crippen LogP contribution in [-0.2, 0) is 22.0 Å². The van der Waals surface area contributed by atoms with E-state index in [1.165, 1.54) is 40.7 Å². The summed E-state index contributed by atoms with van der Waals surface area (Å²) in [5.74, 6) is -0.328. The molecule has 2 aromatic rings. The summed E-state index contributed by atoms with van der Waals surface area (Å²) in [7, 11) is 0. The monoisotopic (exact) mass is 445 g/mol. The smallest absolute Gasteiger partial charge is 0.282 e. The van der Waals surface area contributed by atoms with E-state index in [0.717, 1.165) is 29.3 Å². The van der Waals surface area contributed by atoms with Gasteiger partial charge in [-0.05, 0) is 99.9 Å². The van der Waals surface area contributed by atoms with Gasteiger partial charge in [0.2, 0.25) is 0 Å². The molecule has 0 radical (unpaired) electrons. The van der Waals surface area contributed by atoms with E-state index in [9.17, 15) is 9.59 Å². The summed E-state index contributed by atoms with van der Waals surface area (Å²) in [6.45, 7) is 15.5. The highest BCUT2D eigenvalue weighted by Gasteiger charge is 2.37. The molecule has 0 unspecified atom stereocenters. The molecule has 2 aromatic carbocycles. The Hall–Kier alpha value is -2.59. The van der Waals surface area contributed by atoms with Crippen LogP contribution in [0.2, 0.25) is 0 Å². The molecule has 0 saturated carbocycles. The molecule has 3 nitrogen and oxygen atoms in total. The van der Waals surface area contributed by atoms with Gasteiger partial charge in [0.15, 0.2) is 0 Å². The molecule has 0 aromatic heterocycles. The topological polar surface area (TPSA) is 46.2 Å². The lowest BCUT2D eigenvalue weighted by atomic mass is 9.62. The van der Waals surface area contributed by atoms with Gasteiger partial charge in [-0.1, -0.05) is 58.0 Å². The van der Waals surface area contributed by atoms with E-state index < -0.39 is 0 Å². The van der Waals surface area contributed by atoms with Crippen molar-refractivity contribution in [3.8, 4) is 11.1 Å². The van der Waals surface area contributed by atoms with Gasteiger partial charge in [-0.3, -0.25) is 14.9 Å². The first-order valence-electron chi connectivity index (χ1n) is 11.2. The largest absolute Gasteiger partial charge is 0.290 e. The number of imide groups is 1. The number of carbonyl (C=O) groups excluding carboxylic acids is 2. The van der Waals surface area contributed by atoms with Gasteiger partial charge in [-0.25, -0.2) is 0 Å². The molecule has 1 fully saturated rings. The Morgan fingerprint density at radius 1 is 1.00 bits per heavy atom. The van der Waals surface area contributed by atoms with Crippen LogP contribution in [0.1, 0.15) is 68.4 Å². The van der Waals surface area contributed by atoms with Crippen LogP contribution in [0.4, 0.5) is 4.79 Å². The normalized spacial score (nSPS) is 20.2. The van der Waals surface area contributed by atoms with Crippen molar-refractivity contribution in [2.24, 2.45) is 0 Å². The van der Waals surface area contributed by atoms with Crippen molar-refractivity contribution in [3.05, 3.63) is 75.7 Å². The minimum absolute atomic E-state index is 0.129. The lowest BCUT2D eigenvalue weighted by molar-refractivity contribution is -0.115. The zero-order valence-electron chi connectivity index (χ0n) is 19.6. The van der Waals surface area contributed by atoms with E-state index in [-0.39, 0.29) is 22.0 Å². The van der Waals surface area contributed by atoms with Crippen LogP contribution >= 0.6 is 11.8 Å². The number of fused-ring (bicyclic) bond motifs is 1. The summed E-state index contributed by atoms with van der Waals surface area (Å²) in [6, 6.07) is 11.0. The molecule has 2 amide bonds. The standard InChI is InChI=1S/C28H31NO2S/c1-7-8-19-10-9-18(15-24-25(30)29-26(31)32-24)14-21(19)20-16-23-22(13-17(20)2)27(3,4)11-12-28(23,5)6/h7,9-10,13-16H,1,8,11-12H2,2-6H3,(H,29,30,31). The SMILES string of the molecule is C=CCc1ccc(C=C2SC(=O)NC2=O)cc1-c1cc2c(cc1C)C(C)(C)CCC2(C)C. The summed E-state index contributed by atoms with van der Waals surface area (Å²) in [5.41, 5.74) is 8.95. The van der Waals surface area contributed by atoms with Crippen molar-refractivity contribution in [3.63, 3.8) is 0 Å². The first-order valence-corrected chi connectivity index (χ1v) is 12.0. The number of aryl methyl sites for hydroxylation is 1. The van der Waals surface area contributed by atoms with Crippen molar-refractivity contribution in [1.82, 2.24) is 5.32 Å². The number of benzene rings is 2. The van der Waals surface area contributed by atoms with E-state index in [1.807, 2.05) is 12.1 Å². The molecule has 0 atom stereocenters. The second kappa shape index (κ2) is 8.08. The van der Waals surface area contributed by atoms with Crippen LogP contribution in [0, 0.1) is 6.92 Å². The van der Waals surface area contributed by atoms with Crippen molar-refractivity contribution in [1.29, 1.82) is 0 Å². The molecular formula is C28H31NO2S. The van der Waals surface area contributed by atoms with Crippen LogP contribution in [0.3, 0.4) is 0 Å². The summed E-state index contributed by atoms with van der Waals surface area (Å²) < 4.78 is 0. The molecule has 166 valence electrons. The predicted molar refractivity (Wildman–Crippen MR) is 135 cm³/mol. The molecule has 4 rings (SSSR count). The van der Waals surface area contributed by atoms with Gasteiger partial charge in [0.05, 0.1) is 4.91 Å². The highest BCUT2D eigenvalue weighted by molar-refractivity contribution is 8.18. The Bertz CT molecular complexity index is 1170. The lowest BCUT2D eigenvalue weighted by Gasteiger charge is -2.42. The third kappa shape index (κ3) is 4.09. The molecule has 1 heterocycles. The molecule has 1 aliphatic heterocycles. The number of carbonyl (C=O) groups is 2. The van der Waals surface area contributed by atoms with E-state index in [4.69, 9.17) is 0 Å². The summed E-state index contributed by atoms with van der Waals surface area (Å²) in [5, 5.41) is 2.01. The summed E-state index contributed by atoms with van der Waals surface area (Å²) >= 11 is 0.951. The number of hydrogen-bond donors (Lipinski definition) is 1. The van der Waals surface area contributed by atoms with Gasteiger partial charge in [-0.2, -0.15) is 0 Å².